The summed E-state index contributed by atoms with van der Waals surface area (Å²) in [6.45, 7) is 5.93. The molecular weight excluding hydrogens is 402 g/mol. The number of nitrogens with one attached hydrogen (secondary N) is 1. The molecule has 6 nitrogen and oxygen atoms in total. The molecule has 2 N–H and O–H groups in total. The molecule has 0 saturated heterocycles. The van der Waals surface area contributed by atoms with Crippen LogP contribution in [0.4, 0.5) is 5.00 Å². The number of ether oxygens (including phenoxy) is 1. The first-order chi connectivity index (χ1) is 14.2. The maximum Gasteiger partial charge on any atom is 0.341 e. The van der Waals surface area contributed by atoms with Gasteiger partial charge in [0, 0.05) is 10.4 Å². The highest BCUT2D eigenvalue weighted by Crippen LogP contribution is 2.41. The number of carbonyl (C=O) groups excluding carboxylic acids is 2. The lowest BCUT2D eigenvalue weighted by atomic mass is 9.78. The quantitative estimate of drug-likeness (QED) is 0.656. The molecule has 7 heteroatoms. The number of rotatable bonds is 5. The zero-order chi connectivity index (χ0) is 22.0. The van der Waals surface area contributed by atoms with Crippen molar-refractivity contribution in [2.75, 3.05) is 12.4 Å². The molecular formula is C23H27NO5S. The first-order valence-electron chi connectivity index (χ1n) is 10.1. The average molecular weight is 430 g/mol. The summed E-state index contributed by atoms with van der Waals surface area (Å²) in [5.41, 5.74) is 4.19. The molecule has 2 aromatic rings. The van der Waals surface area contributed by atoms with Crippen LogP contribution in [0, 0.1) is 32.6 Å². The number of thiophene rings is 1. The van der Waals surface area contributed by atoms with Gasteiger partial charge < -0.3 is 15.2 Å². The number of carbonyl (C=O) groups is 3. The molecule has 160 valence electrons. The van der Waals surface area contributed by atoms with Crippen molar-refractivity contribution < 1.29 is 24.2 Å². The van der Waals surface area contributed by atoms with Gasteiger partial charge in [-0.3, -0.25) is 9.59 Å². The molecule has 1 heterocycles. The van der Waals surface area contributed by atoms with Gasteiger partial charge in [-0.2, -0.15) is 0 Å². The van der Waals surface area contributed by atoms with Crippen LogP contribution in [0.5, 0.6) is 0 Å². The maximum atomic E-state index is 13.0. The summed E-state index contributed by atoms with van der Waals surface area (Å²) in [5, 5.41) is 12.8. The second-order valence-corrected chi connectivity index (χ2v) is 9.08. The fourth-order valence-corrected chi connectivity index (χ4v) is 5.19. The second-order valence-electron chi connectivity index (χ2n) is 7.85. The predicted octanol–water partition coefficient (Wildman–Crippen LogP) is 4.96. The number of carboxylic acids is 1. The molecule has 0 unspecified atom stereocenters. The Morgan fingerprint density at radius 2 is 1.73 bits per heavy atom. The van der Waals surface area contributed by atoms with E-state index < -0.39 is 23.8 Å². The number of amides is 1. The predicted molar refractivity (Wildman–Crippen MR) is 117 cm³/mol. The van der Waals surface area contributed by atoms with Crippen LogP contribution in [0.1, 0.15) is 52.0 Å². The highest BCUT2D eigenvalue weighted by atomic mass is 32.1. The summed E-state index contributed by atoms with van der Waals surface area (Å²) < 4.78 is 5.02. The average Bonchev–Trinajstić information content (AvgIpc) is 3.04. The summed E-state index contributed by atoms with van der Waals surface area (Å²) in [4.78, 5) is 38.1. The summed E-state index contributed by atoms with van der Waals surface area (Å²) in [7, 11) is 1.31. The minimum Gasteiger partial charge on any atom is -0.481 e. The van der Waals surface area contributed by atoms with Crippen LogP contribution in [-0.2, 0) is 14.3 Å². The molecule has 1 saturated carbocycles. The van der Waals surface area contributed by atoms with Crippen molar-refractivity contribution in [1.82, 2.24) is 0 Å². The number of hydrogen-bond donors (Lipinski definition) is 2. The summed E-state index contributed by atoms with van der Waals surface area (Å²) in [6, 6.07) is 5.97. The molecule has 3 rings (SSSR count). The van der Waals surface area contributed by atoms with Gasteiger partial charge >= 0.3 is 11.9 Å². The number of benzene rings is 1. The molecule has 1 amide bonds. The summed E-state index contributed by atoms with van der Waals surface area (Å²) >= 11 is 1.31. The Morgan fingerprint density at radius 3 is 2.33 bits per heavy atom. The normalized spacial score (nSPS) is 18.7. The number of methoxy groups -OCH3 is 1. The van der Waals surface area contributed by atoms with Gasteiger partial charge in [0.25, 0.3) is 0 Å². The Balaban J connectivity index is 2.01. The van der Waals surface area contributed by atoms with Crippen molar-refractivity contribution >= 4 is 34.2 Å². The highest BCUT2D eigenvalue weighted by molar-refractivity contribution is 7.17. The van der Waals surface area contributed by atoms with Gasteiger partial charge in [0.15, 0.2) is 0 Å². The van der Waals surface area contributed by atoms with Crippen LogP contribution < -0.4 is 5.32 Å². The molecule has 1 aliphatic rings. The minimum atomic E-state index is -0.943. The van der Waals surface area contributed by atoms with Gasteiger partial charge in [-0.15, -0.1) is 11.3 Å². The molecule has 0 spiro atoms. The van der Waals surface area contributed by atoms with E-state index in [-0.39, 0.29) is 5.91 Å². The Bertz CT molecular complexity index is 994. The van der Waals surface area contributed by atoms with Gasteiger partial charge in [0.2, 0.25) is 5.91 Å². The first kappa shape index (κ1) is 22.0. The van der Waals surface area contributed by atoms with Gasteiger partial charge in [-0.25, -0.2) is 4.79 Å². The van der Waals surface area contributed by atoms with Crippen LogP contribution in [0.15, 0.2) is 18.2 Å². The Labute approximate surface area is 180 Å². The number of esters is 1. The first-order valence-corrected chi connectivity index (χ1v) is 10.9. The zero-order valence-electron chi connectivity index (χ0n) is 17.7. The lowest BCUT2D eigenvalue weighted by Crippen LogP contribution is -2.36. The van der Waals surface area contributed by atoms with Crippen LogP contribution in [0.25, 0.3) is 11.1 Å². The second kappa shape index (κ2) is 9.00. The third kappa shape index (κ3) is 4.26. The number of carboxylic acid groups (broad SMARTS) is 1. The van der Waals surface area contributed by atoms with Gasteiger partial charge in [0.1, 0.15) is 10.6 Å². The highest BCUT2D eigenvalue weighted by Gasteiger charge is 2.36. The molecule has 2 atom stereocenters. The number of aliphatic carboxylic acids is 1. The Morgan fingerprint density at radius 1 is 1.07 bits per heavy atom. The molecule has 0 aliphatic heterocycles. The number of hydrogen-bond acceptors (Lipinski definition) is 5. The molecule has 1 aromatic carbocycles. The molecule has 1 aliphatic carbocycles. The Hall–Kier alpha value is -2.67. The zero-order valence-corrected chi connectivity index (χ0v) is 18.5. The largest absolute Gasteiger partial charge is 0.481 e. The van der Waals surface area contributed by atoms with Gasteiger partial charge in [-0.1, -0.05) is 31.0 Å². The van der Waals surface area contributed by atoms with E-state index in [1.165, 1.54) is 18.4 Å². The van der Waals surface area contributed by atoms with E-state index in [2.05, 4.69) is 5.32 Å². The van der Waals surface area contributed by atoms with Gasteiger partial charge in [0.05, 0.1) is 18.9 Å². The lowest BCUT2D eigenvalue weighted by molar-refractivity contribution is -0.147. The fourth-order valence-electron chi connectivity index (χ4n) is 4.12. The van der Waals surface area contributed by atoms with Crippen molar-refractivity contribution in [3.63, 3.8) is 0 Å². The Kier molecular flexibility index (Phi) is 6.61. The monoisotopic (exact) mass is 429 g/mol. The van der Waals surface area contributed by atoms with Crippen LogP contribution in [0.2, 0.25) is 0 Å². The fraction of sp³-hybridized carbons (Fsp3) is 0.435. The van der Waals surface area contributed by atoms with E-state index in [4.69, 9.17) is 4.74 Å². The lowest BCUT2D eigenvalue weighted by Gasteiger charge is -2.27. The van der Waals surface area contributed by atoms with E-state index in [1.807, 2.05) is 39.0 Å². The minimum absolute atomic E-state index is 0.319. The number of aryl methyl sites for hydroxylation is 3. The number of anilines is 1. The van der Waals surface area contributed by atoms with E-state index in [0.29, 0.717) is 23.4 Å². The van der Waals surface area contributed by atoms with E-state index >= 15 is 0 Å². The molecule has 1 aromatic heterocycles. The maximum absolute atomic E-state index is 13.0. The van der Waals surface area contributed by atoms with E-state index in [0.717, 1.165) is 40.0 Å². The van der Waals surface area contributed by atoms with Crippen molar-refractivity contribution in [2.45, 2.75) is 46.5 Å². The van der Waals surface area contributed by atoms with E-state index in [1.54, 1.807) is 0 Å². The summed E-state index contributed by atoms with van der Waals surface area (Å²) in [6.07, 6.45) is 2.66. The van der Waals surface area contributed by atoms with E-state index in [9.17, 15) is 19.5 Å². The molecule has 0 radical (unpaired) electrons. The molecule has 0 bridgehead atoms. The van der Waals surface area contributed by atoms with Crippen LogP contribution in [-0.4, -0.2) is 30.1 Å². The molecule has 1 fully saturated rings. The third-order valence-corrected chi connectivity index (χ3v) is 6.95. The van der Waals surface area contributed by atoms with Crippen molar-refractivity contribution in [1.29, 1.82) is 0 Å². The van der Waals surface area contributed by atoms with Crippen LogP contribution in [0.3, 0.4) is 0 Å². The summed E-state index contributed by atoms with van der Waals surface area (Å²) in [5.74, 6) is -3.11. The standard InChI is InChI=1S/C23H27NO5S/c1-12-9-10-15(11-13(12)2)18-14(3)30-21(19(18)23(28)29-4)24-20(25)16-7-5-6-8-17(16)22(26)27/h9-11,16-17H,5-8H2,1-4H3,(H,24,25)(H,26,27)/t16-,17-/m1/s1. The SMILES string of the molecule is COC(=O)c1c(NC(=O)[C@@H]2CCCC[C@H]2C(=O)O)sc(C)c1-c1ccc(C)c(C)c1. The van der Waals surface area contributed by atoms with Crippen molar-refractivity contribution in [3.8, 4) is 11.1 Å². The van der Waals surface area contributed by atoms with Gasteiger partial charge in [-0.05, 0) is 50.3 Å². The third-order valence-electron chi connectivity index (χ3n) is 5.93. The smallest absolute Gasteiger partial charge is 0.341 e. The van der Waals surface area contributed by atoms with Crippen molar-refractivity contribution in [2.24, 2.45) is 11.8 Å². The van der Waals surface area contributed by atoms with Crippen LogP contribution >= 0.6 is 11.3 Å². The topological polar surface area (TPSA) is 92.7 Å². The molecule has 30 heavy (non-hydrogen) atoms. The van der Waals surface area contributed by atoms with Crippen molar-refractivity contribution in [3.05, 3.63) is 39.8 Å².